The molecule has 98 valence electrons. The smallest absolute Gasteiger partial charge is 0.123 e. The summed E-state index contributed by atoms with van der Waals surface area (Å²) in [5.74, 6) is 1.38. The molecule has 0 bridgehead atoms. The zero-order chi connectivity index (χ0) is 12.7. The number of hydrogen-bond acceptors (Lipinski definition) is 3. The van der Waals surface area contributed by atoms with Gasteiger partial charge in [-0.3, -0.25) is 0 Å². The summed E-state index contributed by atoms with van der Waals surface area (Å²) in [5, 5.41) is 10.4. The van der Waals surface area contributed by atoms with Crippen molar-refractivity contribution in [2.24, 2.45) is 5.92 Å². The number of rotatable bonds is 2. The van der Waals surface area contributed by atoms with Crippen LogP contribution >= 0.6 is 0 Å². The van der Waals surface area contributed by atoms with E-state index < -0.39 is 6.10 Å². The Bertz CT molecular complexity index is 443. The largest absolute Gasteiger partial charge is 0.490 e. The fourth-order valence-electron chi connectivity index (χ4n) is 2.94. The van der Waals surface area contributed by atoms with Gasteiger partial charge in [0.05, 0.1) is 6.10 Å². The summed E-state index contributed by atoms with van der Waals surface area (Å²) in [4.78, 5) is 0. The summed E-state index contributed by atoms with van der Waals surface area (Å²) >= 11 is 0. The zero-order valence-corrected chi connectivity index (χ0v) is 10.9. The quantitative estimate of drug-likeness (QED) is 0.873. The van der Waals surface area contributed by atoms with E-state index in [1.165, 1.54) is 5.56 Å². The molecule has 3 heteroatoms. The predicted molar refractivity (Wildman–Crippen MR) is 68.7 cm³/mol. The molecule has 3 rings (SSSR count). The first-order valence-electron chi connectivity index (χ1n) is 6.74. The van der Waals surface area contributed by atoms with Crippen molar-refractivity contribution in [1.29, 1.82) is 0 Å². The summed E-state index contributed by atoms with van der Waals surface area (Å²) in [7, 11) is 0. The van der Waals surface area contributed by atoms with E-state index in [0.717, 1.165) is 30.8 Å². The van der Waals surface area contributed by atoms with Crippen LogP contribution in [0.15, 0.2) is 18.2 Å². The minimum absolute atomic E-state index is 0.0669. The van der Waals surface area contributed by atoms with Gasteiger partial charge in [-0.2, -0.15) is 0 Å². The number of fused-ring (bicyclic) bond motifs is 1. The van der Waals surface area contributed by atoms with Crippen LogP contribution in [0.4, 0.5) is 0 Å². The number of ether oxygens (including phenoxy) is 2. The lowest BCUT2D eigenvalue weighted by Crippen LogP contribution is -2.23. The molecule has 0 radical (unpaired) electrons. The molecule has 1 aromatic rings. The van der Waals surface area contributed by atoms with Crippen molar-refractivity contribution in [2.45, 2.75) is 45.0 Å². The third kappa shape index (κ3) is 2.02. The Morgan fingerprint density at radius 1 is 1.33 bits per heavy atom. The maximum absolute atomic E-state index is 10.4. The molecule has 1 fully saturated rings. The second-order valence-electron chi connectivity index (χ2n) is 5.55. The summed E-state index contributed by atoms with van der Waals surface area (Å²) in [6.45, 7) is 4.96. The second-order valence-corrected chi connectivity index (χ2v) is 5.55. The van der Waals surface area contributed by atoms with Crippen molar-refractivity contribution in [1.82, 2.24) is 0 Å². The van der Waals surface area contributed by atoms with E-state index >= 15 is 0 Å². The number of benzene rings is 1. The van der Waals surface area contributed by atoms with Crippen LogP contribution in [0.3, 0.4) is 0 Å². The normalized spacial score (nSPS) is 32.1. The van der Waals surface area contributed by atoms with Crippen molar-refractivity contribution in [3.8, 4) is 5.75 Å². The van der Waals surface area contributed by atoms with Crippen LogP contribution < -0.4 is 4.74 Å². The molecule has 2 aliphatic heterocycles. The van der Waals surface area contributed by atoms with Gasteiger partial charge in [-0.15, -0.1) is 0 Å². The van der Waals surface area contributed by atoms with Gasteiger partial charge in [0.25, 0.3) is 0 Å². The summed E-state index contributed by atoms with van der Waals surface area (Å²) in [6, 6.07) is 5.99. The van der Waals surface area contributed by atoms with Gasteiger partial charge in [-0.25, -0.2) is 0 Å². The van der Waals surface area contributed by atoms with Gasteiger partial charge in [0.2, 0.25) is 0 Å². The SMILES string of the molecule is CC1Cc2cc(C(O)C3OCCC3C)ccc2O1. The van der Waals surface area contributed by atoms with Gasteiger partial charge in [0.1, 0.15) is 18.0 Å². The molecule has 1 aromatic carbocycles. The first-order chi connectivity index (χ1) is 8.65. The average molecular weight is 248 g/mol. The standard InChI is InChI=1S/C15H20O3/c1-9-5-6-17-15(9)14(16)11-3-4-13-12(8-11)7-10(2)18-13/h3-4,8-10,14-16H,5-7H2,1-2H3. The molecule has 3 nitrogen and oxygen atoms in total. The molecule has 0 saturated carbocycles. The fraction of sp³-hybridized carbons (Fsp3) is 0.600. The van der Waals surface area contributed by atoms with Crippen molar-refractivity contribution in [3.05, 3.63) is 29.3 Å². The highest BCUT2D eigenvalue weighted by atomic mass is 16.5. The Morgan fingerprint density at radius 3 is 2.89 bits per heavy atom. The molecular formula is C15H20O3. The molecule has 1 N–H and O–H groups in total. The maximum atomic E-state index is 10.4. The van der Waals surface area contributed by atoms with Crippen LogP contribution in [-0.2, 0) is 11.2 Å². The van der Waals surface area contributed by atoms with E-state index in [2.05, 4.69) is 19.9 Å². The lowest BCUT2D eigenvalue weighted by atomic mass is 9.93. The highest BCUT2D eigenvalue weighted by Crippen LogP contribution is 2.35. The van der Waals surface area contributed by atoms with E-state index in [1.807, 2.05) is 12.1 Å². The third-order valence-corrected chi connectivity index (χ3v) is 4.02. The van der Waals surface area contributed by atoms with Crippen molar-refractivity contribution >= 4 is 0 Å². The molecule has 1 saturated heterocycles. The van der Waals surface area contributed by atoms with Crippen LogP contribution in [0.5, 0.6) is 5.75 Å². The van der Waals surface area contributed by atoms with E-state index in [-0.39, 0.29) is 12.2 Å². The molecule has 0 aromatic heterocycles. The van der Waals surface area contributed by atoms with Gasteiger partial charge in [-0.05, 0) is 42.5 Å². The Balaban J connectivity index is 1.82. The van der Waals surface area contributed by atoms with Gasteiger partial charge in [-0.1, -0.05) is 13.0 Å². The van der Waals surface area contributed by atoms with Gasteiger partial charge >= 0.3 is 0 Å². The fourth-order valence-corrected chi connectivity index (χ4v) is 2.94. The molecule has 2 heterocycles. The summed E-state index contributed by atoms with van der Waals surface area (Å²) in [6.07, 6.45) is 1.62. The lowest BCUT2D eigenvalue weighted by molar-refractivity contribution is -0.0178. The van der Waals surface area contributed by atoms with Crippen molar-refractivity contribution < 1.29 is 14.6 Å². The van der Waals surface area contributed by atoms with Gasteiger partial charge < -0.3 is 14.6 Å². The van der Waals surface area contributed by atoms with Gasteiger partial charge in [0.15, 0.2) is 0 Å². The molecule has 0 aliphatic carbocycles. The van der Waals surface area contributed by atoms with Crippen molar-refractivity contribution in [3.63, 3.8) is 0 Å². The minimum Gasteiger partial charge on any atom is -0.490 e. The predicted octanol–water partition coefficient (Wildman–Crippen LogP) is 2.47. The third-order valence-electron chi connectivity index (χ3n) is 4.02. The molecule has 4 atom stereocenters. The Hall–Kier alpha value is -1.06. The van der Waals surface area contributed by atoms with Crippen LogP contribution in [0.25, 0.3) is 0 Å². The number of aliphatic hydroxyl groups is 1. The van der Waals surface area contributed by atoms with Gasteiger partial charge in [0, 0.05) is 13.0 Å². The molecule has 0 spiro atoms. The molecule has 4 unspecified atom stereocenters. The summed E-state index contributed by atoms with van der Waals surface area (Å²) < 4.78 is 11.3. The summed E-state index contributed by atoms with van der Waals surface area (Å²) in [5.41, 5.74) is 2.15. The highest BCUT2D eigenvalue weighted by Gasteiger charge is 2.32. The second kappa shape index (κ2) is 4.56. The monoisotopic (exact) mass is 248 g/mol. The van der Waals surface area contributed by atoms with Crippen molar-refractivity contribution in [2.75, 3.05) is 6.61 Å². The maximum Gasteiger partial charge on any atom is 0.123 e. The first-order valence-corrected chi connectivity index (χ1v) is 6.74. The molecule has 18 heavy (non-hydrogen) atoms. The Morgan fingerprint density at radius 2 is 2.17 bits per heavy atom. The lowest BCUT2D eigenvalue weighted by Gasteiger charge is -2.22. The van der Waals surface area contributed by atoms with E-state index in [1.54, 1.807) is 0 Å². The van der Waals surface area contributed by atoms with E-state index in [4.69, 9.17) is 9.47 Å². The number of hydrogen-bond donors (Lipinski definition) is 1. The zero-order valence-electron chi connectivity index (χ0n) is 10.9. The Kier molecular flexibility index (Phi) is 3.04. The van der Waals surface area contributed by atoms with Crippen LogP contribution in [-0.4, -0.2) is 23.9 Å². The van der Waals surface area contributed by atoms with Crippen LogP contribution in [0, 0.1) is 5.92 Å². The first kappa shape index (κ1) is 12.0. The Labute approximate surface area is 108 Å². The molecule has 0 amide bonds. The topological polar surface area (TPSA) is 38.7 Å². The van der Waals surface area contributed by atoms with E-state index in [0.29, 0.717) is 5.92 Å². The van der Waals surface area contributed by atoms with Crippen LogP contribution in [0.1, 0.15) is 37.5 Å². The average Bonchev–Trinajstić information content (AvgIpc) is 2.91. The van der Waals surface area contributed by atoms with Crippen LogP contribution in [0.2, 0.25) is 0 Å². The molecule has 2 aliphatic rings. The van der Waals surface area contributed by atoms with E-state index in [9.17, 15) is 5.11 Å². The minimum atomic E-state index is -0.524. The highest BCUT2D eigenvalue weighted by molar-refractivity contribution is 5.41. The molecular weight excluding hydrogens is 228 g/mol. The number of aliphatic hydroxyl groups excluding tert-OH is 1.